The van der Waals surface area contributed by atoms with E-state index >= 15 is 0 Å². The molecular weight excluding hydrogens is 308 g/mol. The zero-order valence-corrected chi connectivity index (χ0v) is 13.6. The van der Waals surface area contributed by atoms with Gasteiger partial charge in [-0.15, -0.1) is 0 Å². The second-order valence-electron chi connectivity index (χ2n) is 6.42. The van der Waals surface area contributed by atoms with Crippen LogP contribution in [-0.4, -0.2) is 40.0 Å². The van der Waals surface area contributed by atoms with Crippen LogP contribution in [0.15, 0.2) is 40.9 Å². The van der Waals surface area contributed by atoms with Crippen molar-refractivity contribution >= 4 is 11.9 Å². The van der Waals surface area contributed by atoms with Crippen LogP contribution in [0.25, 0.3) is 11.3 Å². The van der Waals surface area contributed by atoms with Crippen LogP contribution in [0, 0.1) is 5.41 Å². The minimum atomic E-state index is -0.849. The van der Waals surface area contributed by atoms with Crippen molar-refractivity contribution in [3.05, 3.63) is 42.4 Å². The van der Waals surface area contributed by atoms with Gasteiger partial charge in [-0.2, -0.15) is 0 Å². The molecule has 24 heavy (non-hydrogen) atoms. The summed E-state index contributed by atoms with van der Waals surface area (Å²) in [6, 6.07) is 9.65. The highest BCUT2D eigenvalue weighted by molar-refractivity contribution is 5.80. The Morgan fingerprint density at radius 1 is 1.33 bits per heavy atom. The number of hydrogen-bond acceptors (Lipinski definition) is 4. The third kappa shape index (κ3) is 3.32. The lowest BCUT2D eigenvalue weighted by atomic mass is 9.90. The van der Waals surface area contributed by atoms with Crippen molar-refractivity contribution in [1.29, 1.82) is 0 Å². The second-order valence-corrected chi connectivity index (χ2v) is 6.42. The SMILES string of the molecule is C[C@]1(C(=O)O)CCN(C(=O)CCc2ncc(-c3ccccc3)o2)C1. The Hall–Kier alpha value is -2.63. The number of aryl methyl sites for hydroxylation is 1. The first-order chi connectivity index (χ1) is 11.5. The first kappa shape index (κ1) is 16.2. The zero-order valence-electron chi connectivity index (χ0n) is 13.6. The van der Waals surface area contributed by atoms with Crippen LogP contribution in [0.1, 0.15) is 25.7 Å². The Labute approximate surface area is 140 Å². The molecule has 0 radical (unpaired) electrons. The third-order valence-corrected chi connectivity index (χ3v) is 4.51. The number of aromatic nitrogens is 1. The Morgan fingerprint density at radius 3 is 2.75 bits per heavy atom. The molecule has 2 heterocycles. The Bertz CT molecular complexity index is 740. The molecule has 0 saturated carbocycles. The van der Waals surface area contributed by atoms with E-state index in [0.717, 1.165) is 5.56 Å². The van der Waals surface area contributed by atoms with Gasteiger partial charge in [-0.25, -0.2) is 4.98 Å². The molecule has 126 valence electrons. The van der Waals surface area contributed by atoms with Gasteiger partial charge in [-0.1, -0.05) is 30.3 Å². The monoisotopic (exact) mass is 328 g/mol. The van der Waals surface area contributed by atoms with E-state index in [2.05, 4.69) is 4.98 Å². The maximum Gasteiger partial charge on any atom is 0.311 e. The maximum atomic E-state index is 12.3. The van der Waals surface area contributed by atoms with Crippen molar-refractivity contribution in [3.63, 3.8) is 0 Å². The van der Waals surface area contributed by atoms with Crippen LogP contribution in [0.3, 0.4) is 0 Å². The fourth-order valence-corrected chi connectivity index (χ4v) is 2.88. The molecule has 1 aliphatic heterocycles. The number of benzene rings is 1. The van der Waals surface area contributed by atoms with Gasteiger partial charge in [-0.05, 0) is 13.3 Å². The number of rotatable bonds is 5. The Morgan fingerprint density at radius 2 is 2.08 bits per heavy atom. The molecule has 1 aromatic heterocycles. The lowest BCUT2D eigenvalue weighted by Gasteiger charge is -2.19. The molecule has 6 nitrogen and oxygen atoms in total. The molecule has 2 aromatic rings. The molecule has 1 fully saturated rings. The molecule has 1 saturated heterocycles. The summed E-state index contributed by atoms with van der Waals surface area (Å²) < 4.78 is 5.69. The number of amides is 1. The number of hydrogen-bond donors (Lipinski definition) is 1. The van der Waals surface area contributed by atoms with Crippen molar-refractivity contribution in [3.8, 4) is 11.3 Å². The fourth-order valence-electron chi connectivity index (χ4n) is 2.88. The van der Waals surface area contributed by atoms with Gasteiger partial charge in [0, 0.05) is 31.5 Å². The van der Waals surface area contributed by atoms with Crippen LogP contribution in [0.5, 0.6) is 0 Å². The van der Waals surface area contributed by atoms with E-state index < -0.39 is 11.4 Å². The summed E-state index contributed by atoms with van der Waals surface area (Å²) in [6.07, 6.45) is 2.83. The van der Waals surface area contributed by atoms with Crippen molar-refractivity contribution in [1.82, 2.24) is 9.88 Å². The summed E-state index contributed by atoms with van der Waals surface area (Å²) in [5.74, 6) is 0.289. The van der Waals surface area contributed by atoms with Gasteiger partial charge in [0.15, 0.2) is 11.7 Å². The number of aliphatic carboxylic acids is 1. The van der Waals surface area contributed by atoms with E-state index in [-0.39, 0.29) is 18.9 Å². The van der Waals surface area contributed by atoms with Crippen LogP contribution >= 0.6 is 0 Å². The highest BCUT2D eigenvalue weighted by Gasteiger charge is 2.41. The van der Waals surface area contributed by atoms with E-state index in [0.29, 0.717) is 31.0 Å². The molecule has 0 bridgehead atoms. The summed E-state index contributed by atoms with van der Waals surface area (Å²) in [4.78, 5) is 29.4. The average Bonchev–Trinajstić information content (AvgIpc) is 3.21. The molecule has 1 N–H and O–H groups in total. The zero-order chi connectivity index (χ0) is 17.2. The Kier molecular flexibility index (Phi) is 4.38. The van der Waals surface area contributed by atoms with Crippen molar-refractivity contribution in [2.75, 3.05) is 13.1 Å². The summed E-state index contributed by atoms with van der Waals surface area (Å²) in [7, 11) is 0. The minimum absolute atomic E-state index is 0.0561. The van der Waals surface area contributed by atoms with Crippen molar-refractivity contribution in [2.24, 2.45) is 5.41 Å². The molecule has 6 heteroatoms. The van der Waals surface area contributed by atoms with Gasteiger partial charge < -0.3 is 14.4 Å². The first-order valence-electron chi connectivity index (χ1n) is 7.99. The first-order valence-corrected chi connectivity index (χ1v) is 7.99. The highest BCUT2D eigenvalue weighted by Crippen LogP contribution is 2.30. The summed E-state index contributed by atoms with van der Waals surface area (Å²) in [5, 5.41) is 9.23. The normalized spacial score (nSPS) is 20.3. The second kappa shape index (κ2) is 6.47. The third-order valence-electron chi connectivity index (χ3n) is 4.51. The molecule has 1 aromatic carbocycles. The molecular formula is C18H20N2O4. The summed E-state index contributed by atoms with van der Waals surface area (Å²) in [6.45, 7) is 2.44. The number of carbonyl (C=O) groups excluding carboxylic acids is 1. The van der Waals surface area contributed by atoms with Gasteiger partial charge >= 0.3 is 5.97 Å². The lowest BCUT2D eigenvalue weighted by Crippen LogP contribution is -2.34. The maximum absolute atomic E-state index is 12.3. The lowest BCUT2D eigenvalue weighted by molar-refractivity contribution is -0.147. The molecule has 0 aliphatic carbocycles. The van der Waals surface area contributed by atoms with Crippen LogP contribution in [0.4, 0.5) is 0 Å². The van der Waals surface area contributed by atoms with E-state index in [9.17, 15) is 14.7 Å². The van der Waals surface area contributed by atoms with Crippen LogP contribution in [-0.2, 0) is 16.0 Å². The molecule has 1 amide bonds. The average molecular weight is 328 g/mol. The molecule has 1 aliphatic rings. The predicted octanol–water partition coefficient (Wildman–Crippen LogP) is 2.60. The van der Waals surface area contributed by atoms with Gasteiger partial charge in [0.25, 0.3) is 0 Å². The molecule has 0 spiro atoms. The quantitative estimate of drug-likeness (QED) is 0.912. The smallest absolute Gasteiger partial charge is 0.311 e. The minimum Gasteiger partial charge on any atom is -0.481 e. The Balaban J connectivity index is 1.56. The van der Waals surface area contributed by atoms with Gasteiger partial charge in [-0.3, -0.25) is 9.59 Å². The molecule has 0 unspecified atom stereocenters. The van der Waals surface area contributed by atoms with Gasteiger partial charge in [0.05, 0.1) is 11.6 Å². The standard InChI is InChI=1S/C18H20N2O4/c1-18(17(22)23)9-10-20(12-18)16(21)8-7-15-19-11-14(24-15)13-5-3-2-4-6-13/h2-6,11H,7-10,12H2,1H3,(H,22,23)/t18-/m0/s1. The van der Waals surface area contributed by atoms with Gasteiger partial charge in [0.2, 0.25) is 5.91 Å². The van der Waals surface area contributed by atoms with Gasteiger partial charge in [0.1, 0.15) is 0 Å². The van der Waals surface area contributed by atoms with E-state index in [1.807, 2.05) is 30.3 Å². The number of likely N-dealkylation sites (tertiary alicyclic amines) is 1. The van der Waals surface area contributed by atoms with E-state index in [4.69, 9.17) is 4.42 Å². The number of carboxylic acid groups (broad SMARTS) is 1. The predicted molar refractivity (Wildman–Crippen MR) is 87.2 cm³/mol. The van der Waals surface area contributed by atoms with E-state index in [1.165, 1.54) is 0 Å². The number of oxazole rings is 1. The van der Waals surface area contributed by atoms with Crippen LogP contribution < -0.4 is 0 Å². The van der Waals surface area contributed by atoms with Crippen molar-refractivity contribution in [2.45, 2.75) is 26.2 Å². The van der Waals surface area contributed by atoms with Crippen molar-refractivity contribution < 1.29 is 19.1 Å². The number of carboxylic acids is 1. The fraction of sp³-hybridized carbons (Fsp3) is 0.389. The van der Waals surface area contributed by atoms with E-state index in [1.54, 1.807) is 18.0 Å². The summed E-state index contributed by atoms with van der Waals surface area (Å²) in [5.41, 5.74) is 0.110. The largest absolute Gasteiger partial charge is 0.481 e. The summed E-state index contributed by atoms with van der Waals surface area (Å²) >= 11 is 0. The van der Waals surface area contributed by atoms with Crippen LogP contribution in [0.2, 0.25) is 0 Å². The number of carbonyl (C=O) groups is 2. The number of nitrogens with zero attached hydrogens (tertiary/aromatic N) is 2. The topological polar surface area (TPSA) is 83.6 Å². The molecule has 3 rings (SSSR count). The molecule has 1 atom stereocenters. The highest BCUT2D eigenvalue weighted by atomic mass is 16.4.